The zero-order valence-electron chi connectivity index (χ0n) is 8.19. The number of ether oxygens (including phenoxy) is 1. The predicted molar refractivity (Wildman–Crippen MR) is 55.4 cm³/mol. The molecule has 1 aromatic carbocycles. The van der Waals surface area contributed by atoms with Crippen LogP contribution in [0.4, 0.5) is 0 Å². The molecule has 74 valence electrons. The second kappa shape index (κ2) is 5.19. The summed E-state index contributed by atoms with van der Waals surface area (Å²) in [6.07, 6.45) is 0. The fourth-order valence-corrected chi connectivity index (χ4v) is 1.01. The summed E-state index contributed by atoms with van der Waals surface area (Å²) in [4.78, 5) is 10.7. The number of methoxy groups -OCH3 is 1. The topological polar surface area (TPSA) is 39.4 Å². The van der Waals surface area contributed by atoms with Crippen molar-refractivity contribution >= 4 is 11.0 Å². The van der Waals surface area contributed by atoms with Crippen LogP contribution in [0, 0.1) is 0 Å². The molecule has 0 radical (unpaired) electrons. The summed E-state index contributed by atoms with van der Waals surface area (Å²) in [5.74, 6) is 0. The molecular weight excluding hydrogens is 180 g/mol. The molecule has 0 saturated carbocycles. The second-order valence-electron chi connectivity index (χ2n) is 2.70. The van der Waals surface area contributed by atoms with Gasteiger partial charge in [-0.2, -0.15) is 0 Å². The highest BCUT2D eigenvalue weighted by atomic mass is 16.4. The van der Waals surface area contributed by atoms with Crippen LogP contribution in [0.3, 0.4) is 0 Å². The molecule has 0 aliphatic carbocycles. The molecular formula is C11H12O3. The molecule has 0 spiro atoms. The van der Waals surface area contributed by atoms with Gasteiger partial charge in [-0.1, -0.05) is 18.2 Å². The summed E-state index contributed by atoms with van der Waals surface area (Å²) in [7, 11) is 3.25. The molecule has 1 heterocycles. The standard InChI is InChI=1S/C9H6O2.C2H6O/c10-9-6-5-7-3-1-2-4-8(7)11-9;1-3-2/h1-6H;1-2H3. The van der Waals surface area contributed by atoms with Crippen LogP contribution in [-0.4, -0.2) is 14.2 Å². The molecule has 0 amide bonds. The highest BCUT2D eigenvalue weighted by Crippen LogP contribution is 2.08. The van der Waals surface area contributed by atoms with Gasteiger partial charge in [0.05, 0.1) is 0 Å². The molecule has 1 aromatic heterocycles. The third-order valence-corrected chi connectivity index (χ3v) is 1.53. The predicted octanol–water partition coefficient (Wildman–Crippen LogP) is 2.06. The molecule has 3 nitrogen and oxygen atoms in total. The third kappa shape index (κ3) is 2.71. The first-order chi connectivity index (χ1) is 6.77. The van der Waals surface area contributed by atoms with Crippen LogP contribution < -0.4 is 5.63 Å². The van der Waals surface area contributed by atoms with E-state index in [9.17, 15) is 4.79 Å². The van der Waals surface area contributed by atoms with Gasteiger partial charge in [-0.05, 0) is 12.1 Å². The van der Waals surface area contributed by atoms with E-state index in [-0.39, 0.29) is 5.63 Å². The maximum absolute atomic E-state index is 10.7. The average Bonchev–Trinajstić information content (AvgIpc) is 2.19. The van der Waals surface area contributed by atoms with Crippen molar-refractivity contribution in [1.82, 2.24) is 0 Å². The molecule has 0 fully saturated rings. The quantitative estimate of drug-likeness (QED) is 0.600. The Hall–Kier alpha value is -1.61. The highest BCUT2D eigenvalue weighted by Gasteiger charge is 1.92. The van der Waals surface area contributed by atoms with E-state index in [1.165, 1.54) is 6.07 Å². The Kier molecular flexibility index (Phi) is 3.88. The molecule has 0 unspecified atom stereocenters. The minimum Gasteiger partial charge on any atom is -0.423 e. The van der Waals surface area contributed by atoms with Crippen LogP contribution in [0.2, 0.25) is 0 Å². The number of hydrogen-bond donors (Lipinski definition) is 0. The van der Waals surface area contributed by atoms with Crippen molar-refractivity contribution in [1.29, 1.82) is 0 Å². The smallest absolute Gasteiger partial charge is 0.336 e. The average molecular weight is 192 g/mol. The lowest BCUT2D eigenvalue weighted by atomic mass is 10.2. The van der Waals surface area contributed by atoms with Crippen LogP contribution in [0.25, 0.3) is 11.0 Å². The van der Waals surface area contributed by atoms with Crippen molar-refractivity contribution in [2.24, 2.45) is 0 Å². The van der Waals surface area contributed by atoms with Crippen molar-refractivity contribution < 1.29 is 9.15 Å². The Morgan fingerprint density at radius 3 is 2.43 bits per heavy atom. The van der Waals surface area contributed by atoms with Gasteiger partial charge in [0.1, 0.15) is 5.58 Å². The van der Waals surface area contributed by atoms with E-state index < -0.39 is 0 Å². The molecule has 2 aromatic rings. The van der Waals surface area contributed by atoms with Crippen molar-refractivity contribution in [2.75, 3.05) is 14.2 Å². The lowest BCUT2D eigenvalue weighted by Gasteiger charge is -1.91. The molecule has 2 rings (SSSR count). The maximum atomic E-state index is 10.7. The first-order valence-corrected chi connectivity index (χ1v) is 4.17. The monoisotopic (exact) mass is 192 g/mol. The molecule has 0 saturated heterocycles. The van der Waals surface area contributed by atoms with Crippen LogP contribution in [0.1, 0.15) is 0 Å². The maximum Gasteiger partial charge on any atom is 0.336 e. The largest absolute Gasteiger partial charge is 0.423 e. The van der Waals surface area contributed by atoms with E-state index in [0.717, 1.165) is 5.39 Å². The zero-order chi connectivity index (χ0) is 10.4. The van der Waals surface area contributed by atoms with Crippen molar-refractivity contribution in [3.8, 4) is 0 Å². The highest BCUT2D eigenvalue weighted by molar-refractivity contribution is 5.75. The molecule has 0 aliphatic heterocycles. The van der Waals surface area contributed by atoms with Gasteiger partial charge in [0.2, 0.25) is 0 Å². The Bertz CT molecular complexity index is 445. The first kappa shape index (κ1) is 10.5. The normalized spacial score (nSPS) is 9.29. The Balaban J connectivity index is 0.000000293. The van der Waals surface area contributed by atoms with Crippen LogP contribution >= 0.6 is 0 Å². The van der Waals surface area contributed by atoms with Crippen LogP contribution in [0.15, 0.2) is 45.6 Å². The third-order valence-electron chi connectivity index (χ3n) is 1.53. The first-order valence-electron chi connectivity index (χ1n) is 4.17. The van der Waals surface area contributed by atoms with E-state index in [1.807, 2.05) is 18.2 Å². The fraction of sp³-hybridized carbons (Fsp3) is 0.182. The molecule has 14 heavy (non-hydrogen) atoms. The molecule has 0 aliphatic rings. The number of rotatable bonds is 0. The van der Waals surface area contributed by atoms with Gasteiger partial charge in [-0.3, -0.25) is 0 Å². The molecule has 3 heteroatoms. The Labute approximate surface area is 81.9 Å². The van der Waals surface area contributed by atoms with Gasteiger partial charge in [0.15, 0.2) is 0 Å². The number of benzene rings is 1. The van der Waals surface area contributed by atoms with E-state index in [1.54, 1.807) is 26.4 Å². The number of para-hydroxylation sites is 1. The Morgan fingerprint density at radius 2 is 1.71 bits per heavy atom. The summed E-state index contributed by atoms with van der Waals surface area (Å²) in [5, 5.41) is 0.951. The van der Waals surface area contributed by atoms with Gasteiger partial charge < -0.3 is 9.15 Å². The SMILES string of the molecule is COC.O=c1ccc2ccccc2o1. The van der Waals surface area contributed by atoms with E-state index in [0.29, 0.717) is 5.58 Å². The van der Waals surface area contributed by atoms with Gasteiger partial charge in [0.25, 0.3) is 0 Å². The number of hydrogen-bond acceptors (Lipinski definition) is 3. The zero-order valence-corrected chi connectivity index (χ0v) is 8.19. The van der Waals surface area contributed by atoms with E-state index in [4.69, 9.17) is 4.42 Å². The van der Waals surface area contributed by atoms with E-state index >= 15 is 0 Å². The second-order valence-corrected chi connectivity index (χ2v) is 2.70. The summed E-state index contributed by atoms with van der Waals surface area (Å²) >= 11 is 0. The van der Waals surface area contributed by atoms with Gasteiger partial charge >= 0.3 is 5.63 Å². The van der Waals surface area contributed by atoms with Crippen molar-refractivity contribution in [2.45, 2.75) is 0 Å². The lowest BCUT2D eigenvalue weighted by molar-refractivity contribution is 0.277. The van der Waals surface area contributed by atoms with Crippen molar-refractivity contribution in [3.05, 3.63) is 46.8 Å². The summed E-state index contributed by atoms with van der Waals surface area (Å²) in [6, 6.07) is 10.6. The minimum atomic E-state index is -0.302. The fourth-order valence-electron chi connectivity index (χ4n) is 1.01. The Morgan fingerprint density at radius 1 is 1.07 bits per heavy atom. The lowest BCUT2D eigenvalue weighted by Crippen LogP contribution is -1.93. The molecule has 0 atom stereocenters. The van der Waals surface area contributed by atoms with Crippen LogP contribution in [0.5, 0.6) is 0 Å². The summed E-state index contributed by atoms with van der Waals surface area (Å²) in [5.41, 5.74) is 0.337. The summed E-state index contributed by atoms with van der Waals surface area (Å²) < 4.78 is 9.16. The molecule has 0 N–H and O–H groups in total. The van der Waals surface area contributed by atoms with Crippen LogP contribution in [-0.2, 0) is 4.74 Å². The van der Waals surface area contributed by atoms with Gasteiger partial charge in [-0.25, -0.2) is 4.79 Å². The van der Waals surface area contributed by atoms with Gasteiger partial charge in [-0.15, -0.1) is 0 Å². The van der Waals surface area contributed by atoms with Gasteiger partial charge in [0, 0.05) is 25.7 Å². The molecule has 0 bridgehead atoms. The minimum absolute atomic E-state index is 0.302. The summed E-state index contributed by atoms with van der Waals surface area (Å²) in [6.45, 7) is 0. The number of fused-ring (bicyclic) bond motifs is 1. The van der Waals surface area contributed by atoms with Crippen molar-refractivity contribution in [3.63, 3.8) is 0 Å². The van der Waals surface area contributed by atoms with E-state index in [2.05, 4.69) is 4.74 Å².